The van der Waals surface area contributed by atoms with Crippen molar-refractivity contribution in [1.82, 2.24) is 15.5 Å². The van der Waals surface area contributed by atoms with Gasteiger partial charge in [0.15, 0.2) is 0 Å². The first-order valence-electron chi connectivity index (χ1n) is 6.92. The fourth-order valence-electron chi connectivity index (χ4n) is 2.24. The summed E-state index contributed by atoms with van der Waals surface area (Å²) >= 11 is 0. The Hall–Kier alpha value is -1.94. The van der Waals surface area contributed by atoms with Gasteiger partial charge >= 0.3 is 0 Å². The molecule has 1 aromatic carbocycles. The van der Waals surface area contributed by atoms with Crippen LogP contribution in [0.15, 0.2) is 36.4 Å². The average molecular weight is 271 g/mol. The Labute approximate surface area is 120 Å². The molecule has 0 aliphatic heterocycles. The Morgan fingerprint density at radius 2 is 1.85 bits per heavy atom. The Morgan fingerprint density at radius 3 is 2.35 bits per heavy atom. The molecule has 106 valence electrons. The van der Waals surface area contributed by atoms with Crippen molar-refractivity contribution in [3.63, 3.8) is 0 Å². The lowest BCUT2D eigenvalue weighted by Crippen LogP contribution is -2.19. The van der Waals surface area contributed by atoms with Gasteiger partial charge in [0.2, 0.25) is 5.88 Å². The third kappa shape index (κ3) is 3.33. The van der Waals surface area contributed by atoms with Gasteiger partial charge in [-0.2, -0.15) is 0 Å². The van der Waals surface area contributed by atoms with Crippen molar-refractivity contribution < 1.29 is 4.74 Å². The van der Waals surface area contributed by atoms with Gasteiger partial charge in [-0.1, -0.05) is 37.6 Å². The third-order valence-corrected chi connectivity index (χ3v) is 3.31. The van der Waals surface area contributed by atoms with Gasteiger partial charge in [-0.15, -0.1) is 10.2 Å². The second-order valence-corrected chi connectivity index (χ2v) is 4.71. The summed E-state index contributed by atoms with van der Waals surface area (Å²) in [6, 6.07) is 12.5. The van der Waals surface area contributed by atoms with Crippen molar-refractivity contribution in [2.24, 2.45) is 0 Å². The first-order chi connectivity index (χ1) is 9.78. The van der Waals surface area contributed by atoms with Crippen LogP contribution >= 0.6 is 0 Å². The van der Waals surface area contributed by atoms with Crippen LogP contribution in [0.5, 0.6) is 5.88 Å². The van der Waals surface area contributed by atoms with Gasteiger partial charge in [0.25, 0.3) is 0 Å². The van der Waals surface area contributed by atoms with Crippen molar-refractivity contribution >= 4 is 0 Å². The highest BCUT2D eigenvalue weighted by atomic mass is 16.5. The minimum absolute atomic E-state index is 0.0454. The molecule has 1 unspecified atom stereocenters. The smallest absolute Gasteiger partial charge is 0.233 e. The molecule has 0 aliphatic rings. The molecule has 1 aromatic heterocycles. The maximum absolute atomic E-state index is 5.04. The van der Waals surface area contributed by atoms with E-state index in [1.165, 1.54) is 17.5 Å². The van der Waals surface area contributed by atoms with E-state index in [-0.39, 0.29) is 6.04 Å². The van der Waals surface area contributed by atoms with Crippen molar-refractivity contribution in [1.29, 1.82) is 0 Å². The van der Waals surface area contributed by atoms with E-state index in [1.54, 1.807) is 7.11 Å². The molecule has 1 heterocycles. The maximum atomic E-state index is 5.04. The van der Waals surface area contributed by atoms with Crippen LogP contribution in [0.2, 0.25) is 0 Å². The SMILES string of the molecule is CCCc1ccc(C(NC)c2ccc(OC)nn2)cc1. The maximum Gasteiger partial charge on any atom is 0.233 e. The molecule has 4 heteroatoms. The van der Waals surface area contributed by atoms with Gasteiger partial charge in [0, 0.05) is 6.07 Å². The van der Waals surface area contributed by atoms with Crippen molar-refractivity contribution in [3.8, 4) is 5.88 Å². The molecule has 0 aliphatic carbocycles. The van der Waals surface area contributed by atoms with E-state index < -0.39 is 0 Å². The molecule has 0 saturated carbocycles. The first kappa shape index (κ1) is 14.5. The van der Waals surface area contributed by atoms with Crippen LogP contribution in [0.4, 0.5) is 0 Å². The van der Waals surface area contributed by atoms with Crippen LogP contribution in [-0.4, -0.2) is 24.4 Å². The van der Waals surface area contributed by atoms with Crippen LogP contribution in [0.3, 0.4) is 0 Å². The van der Waals surface area contributed by atoms with Crippen LogP contribution in [0.1, 0.15) is 36.2 Å². The minimum atomic E-state index is 0.0454. The van der Waals surface area contributed by atoms with Gasteiger partial charge in [-0.25, -0.2) is 0 Å². The third-order valence-electron chi connectivity index (χ3n) is 3.31. The van der Waals surface area contributed by atoms with Crippen molar-refractivity contribution in [2.75, 3.05) is 14.2 Å². The van der Waals surface area contributed by atoms with E-state index in [9.17, 15) is 0 Å². The van der Waals surface area contributed by atoms with Crippen molar-refractivity contribution in [3.05, 3.63) is 53.2 Å². The van der Waals surface area contributed by atoms with Crippen LogP contribution < -0.4 is 10.1 Å². The number of aryl methyl sites for hydroxylation is 1. The monoisotopic (exact) mass is 271 g/mol. The van der Waals surface area contributed by atoms with E-state index in [2.05, 4.69) is 46.7 Å². The van der Waals surface area contributed by atoms with E-state index in [0.29, 0.717) is 5.88 Å². The molecule has 0 spiro atoms. The number of hydrogen-bond donors (Lipinski definition) is 1. The van der Waals surface area contributed by atoms with Gasteiger partial charge in [-0.3, -0.25) is 0 Å². The van der Waals surface area contributed by atoms with Gasteiger partial charge < -0.3 is 10.1 Å². The highest BCUT2D eigenvalue weighted by Crippen LogP contribution is 2.21. The summed E-state index contributed by atoms with van der Waals surface area (Å²) in [5, 5.41) is 11.5. The summed E-state index contributed by atoms with van der Waals surface area (Å²) in [4.78, 5) is 0. The number of aromatic nitrogens is 2. The van der Waals surface area contributed by atoms with Crippen molar-refractivity contribution in [2.45, 2.75) is 25.8 Å². The molecule has 20 heavy (non-hydrogen) atoms. The molecule has 0 amide bonds. The van der Waals surface area contributed by atoms with Crippen LogP contribution in [0.25, 0.3) is 0 Å². The predicted molar refractivity (Wildman–Crippen MR) is 79.9 cm³/mol. The van der Waals surface area contributed by atoms with E-state index in [1.807, 2.05) is 19.2 Å². The fourth-order valence-corrected chi connectivity index (χ4v) is 2.24. The predicted octanol–water partition coefficient (Wildman–Crippen LogP) is 2.75. The number of hydrogen-bond acceptors (Lipinski definition) is 4. The molecule has 1 N–H and O–H groups in total. The molecular formula is C16H21N3O. The lowest BCUT2D eigenvalue weighted by molar-refractivity contribution is 0.390. The molecule has 4 nitrogen and oxygen atoms in total. The number of ether oxygens (including phenoxy) is 1. The van der Waals surface area contributed by atoms with Gasteiger partial charge in [0.1, 0.15) is 0 Å². The standard InChI is InChI=1S/C16H21N3O/c1-4-5-12-6-8-13(9-7-12)16(17-2)14-10-11-15(20-3)19-18-14/h6-11,16-17H,4-5H2,1-3H3. The summed E-state index contributed by atoms with van der Waals surface area (Å²) in [7, 11) is 3.52. The Balaban J connectivity index is 2.21. The highest BCUT2D eigenvalue weighted by Gasteiger charge is 2.14. The molecule has 0 radical (unpaired) electrons. The largest absolute Gasteiger partial charge is 0.480 e. The van der Waals surface area contributed by atoms with Gasteiger partial charge in [0.05, 0.1) is 18.8 Å². The van der Waals surface area contributed by atoms with Gasteiger partial charge in [-0.05, 0) is 30.7 Å². The number of rotatable bonds is 6. The van der Waals surface area contributed by atoms with E-state index in [0.717, 1.165) is 12.1 Å². The second kappa shape index (κ2) is 7.01. The Kier molecular flexibility index (Phi) is 5.07. The summed E-state index contributed by atoms with van der Waals surface area (Å²) in [5.41, 5.74) is 3.44. The lowest BCUT2D eigenvalue weighted by atomic mass is 10.0. The van der Waals surface area contributed by atoms with Crippen LogP contribution in [-0.2, 0) is 6.42 Å². The Morgan fingerprint density at radius 1 is 1.10 bits per heavy atom. The zero-order chi connectivity index (χ0) is 14.4. The summed E-state index contributed by atoms with van der Waals surface area (Å²) in [6.07, 6.45) is 2.28. The summed E-state index contributed by atoms with van der Waals surface area (Å²) < 4.78 is 5.04. The van der Waals surface area contributed by atoms with E-state index in [4.69, 9.17) is 4.74 Å². The zero-order valence-corrected chi connectivity index (χ0v) is 12.3. The molecule has 2 aromatic rings. The lowest BCUT2D eigenvalue weighted by Gasteiger charge is -2.16. The number of methoxy groups -OCH3 is 1. The topological polar surface area (TPSA) is 47.0 Å². The number of nitrogens with one attached hydrogen (secondary N) is 1. The molecule has 2 rings (SSSR count). The Bertz CT molecular complexity index is 522. The van der Waals surface area contributed by atoms with E-state index >= 15 is 0 Å². The zero-order valence-electron chi connectivity index (χ0n) is 12.3. The fraction of sp³-hybridized carbons (Fsp3) is 0.375. The highest BCUT2D eigenvalue weighted by molar-refractivity contribution is 5.31. The molecule has 0 fully saturated rings. The molecule has 1 atom stereocenters. The quantitative estimate of drug-likeness (QED) is 0.877. The second-order valence-electron chi connectivity index (χ2n) is 4.71. The first-order valence-corrected chi connectivity index (χ1v) is 6.92. The minimum Gasteiger partial charge on any atom is -0.480 e. The average Bonchev–Trinajstić information content (AvgIpc) is 2.51. The summed E-state index contributed by atoms with van der Waals surface area (Å²) in [6.45, 7) is 2.19. The number of benzene rings is 1. The summed E-state index contributed by atoms with van der Waals surface area (Å²) in [5.74, 6) is 0.530. The van der Waals surface area contributed by atoms with Crippen LogP contribution in [0, 0.1) is 0 Å². The molecule has 0 bridgehead atoms. The normalized spacial score (nSPS) is 12.2. The molecule has 0 saturated heterocycles. The molecular weight excluding hydrogens is 250 g/mol. The number of nitrogens with zero attached hydrogens (tertiary/aromatic N) is 2.